The largest absolute Gasteiger partial charge is 0.360 e. The predicted octanol–water partition coefficient (Wildman–Crippen LogP) is 2.85. The molecule has 5 nitrogen and oxygen atoms in total. The third-order valence-electron chi connectivity index (χ3n) is 3.03. The molecule has 0 atom stereocenters. The number of carbonyl (C=O) groups excluding carboxylic acids is 1. The van der Waals surface area contributed by atoms with Gasteiger partial charge in [0, 0.05) is 13.1 Å². The van der Waals surface area contributed by atoms with Crippen LogP contribution in [0.15, 0.2) is 24.3 Å². The summed E-state index contributed by atoms with van der Waals surface area (Å²) in [6.07, 6.45) is 2.03. The van der Waals surface area contributed by atoms with Gasteiger partial charge in [0.05, 0.1) is 0 Å². The highest BCUT2D eigenvalue weighted by molar-refractivity contribution is 7.17. The number of rotatable bonds is 7. The first-order valence-corrected chi connectivity index (χ1v) is 7.98. The molecule has 0 saturated carbocycles. The Morgan fingerprint density at radius 3 is 2.52 bits per heavy atom. The normalized spacial score (nSPS) is 10.4. The number of amides is 1. The Balaban J connectivity index is 1.87. The minimum absolute atomic E-state index is 0.184. The van der Waals surface area contributed by atoms with Crippen molar-refractivity contribution in [2.24, 2.45) is 0 Å². The van der Waals surface area contributed by atoms with E-state index < -0.39 is 0 Å². The van der Waals surface area contributed by atoms with Crippen LogP contribution in [-0.4, -0.2) is 22.6 Å². The van der Waals surface area contributed by atoms with E-state index >= 15 is 0 Å². The molecule has 0 saturated heterocycles. The second kappa shape index (κ2) is 7.73. The van der Waals surface area contributed by atoms with Crippen molar-refractivity contribution in [3.63, 3.8) is 0 Å². The van der Waals surface area contributed by atoms with Gasteiger partial charge in [-0.15, -0.1) is 10.2 Å². The average Bonchev–Trinajstić information content (AvgIpc) is 3.00. The van der Waals surface area contributed by atoms with Crippen molar-refractivity contribution >= 4 is 22.4 Å². The summed E-state index contributed by atoms with van der Waals surface area (Å²) in [5.41, 5.74) is 2.37. The highest BCUT2D eigenvalue weighted by Gasteiger charge is 2.12. The summed E-state index contributed by atoms with van der Waals surface area (Å²) in [7, 11) is 0. The lowest BCUT2D eigenvalue weighted by molar-refractivity contribution is 0.0950. The summed E-state index contributed by atoms with van der Waals surface area (Å²) in [4.78, 5) is 12.0. The average molecular weight is 304 g/mol. The molecule has 0 radical (unpaired) electrons. The van der Waals surface area contributed by atoms with E-state index in [0.29, 0.717) is 16.7 Å². The molecule has 112 valence electrons. The van der Waals surface area contributed by atoms with E-state index in [1.54, 1.807) is 0 Å². The molecule has 2 N–H and O–H groups in total. The van der Waals surface area contributed by atoms with Gasteiger partial charge in [0.25, 0.3) is 5.91 Å². The maximum Gasteiger partial charge on any atom is 0.282 e. The molecule has 21 heavy (non-hydrogen) atoms. The van der Waals surface area contributed by atoms with Gasteiger partial charge < -0.3 is 10.6 Å². The summed E-state index contributed by atoms with van der Waals surface area (Å²) in [5.74, 6) is -0.184. The number of nitrogens with zero attached hydrogens (tertiary/aromatic N) is 2. The van der Waals surface area contributed by atoms with Gasteiger partial charge in [0.2, 0.25) is 10.1 Å². The molecule has 0 aliphatic rings. The van der Waals surface area contributed by atoms with Crippen LogP contribution in [0, 0.1) is 0 Å². The number of hydrogen-bond donors (Lipinski definition) is 2. The predicted molar refractivity (Wildman–Crippen MR) is 85.7 cm³/mol. The fraction of sp³-hybridized carbons (Fsp3) is 0.400. The Labute approximate surface area is 128 Å². The molecule has 2 rings (SSSR count). The summed E-state index contributed by atoms with van der Waals surface area (Å²) in [6, 6.07) is 8.24. The number of nitrogens with one attached hydrogen (secondary N) is 2. The zero-order valence-electron chi connectivity index (χ0n) is 12.3. The molecule has 0 spiro atoms. The Morgan fingerprint density at radius 1 is 1.14 bits per heavy atom. The van der Waals surface area contributed by atoms with Gasteiger partial charge in [0.1, 0.15) is 0 Å². The molecule has 1 heterocycles. The summed E-state index contributed by atoms with van der Waals surface area (Å²) in [6.45, 7) is 5.53. The van der Waals surface area contributed by atoms with Crippen LogP contribution in [-0.2, 0) is 13.0 Å². The van der Waals surface area contributed by atoms with Crippen molar-refractivity contribution in [2.75, 3.05) is 11.9 Å². The highest BCUT2D eigenvalue weighted by Crippen LogP contribution is 2.15. The zero-order chi connectivity index (χ0) is 15.1. The molecule has 0 fully saturated rings. The van der Waals surface area contributed by atoms with Crippen LogP contribution in [0.3, 0.4) is 0 Å². The van der Waals surface area contributed by atoms with Gasteiger partial charge in [-0.1, -0.05) is 49.4 Å². The first-order valence-electron chi connectivity index (χ1n) is 7.16. The van der Waals surface area contributed by atoms with Gasteiger partial charge in [-0.05, 0) is 24.0 Å². The van der Waals surface area contributed by atoms with Crippen molar-refractivity contribution in [1.29, 1.82) is 0 Å². The smallest absolute Gasteiger partial charge is 0.282 e. The first-order chi connectivity index (χ1) is 10.2. The Bertz CT molecular complexity index is 580. The van der Waals surface area contributed by atoms with E-state index in [1.165, 1.54) is 16.9 Å². The molecule has 1 amide bonds. The highest BCUT2D eigenvalue weighted by atomic mass is 32.1. The van der Waals surface area contributed by atoms with Gasteiger partial charge in [-0.2, -0.15) is 0 Å². The number of aromatic nitrogens is 2. The molecule has 0 unspecified atom stereocenters. The minimum atomic E-state index is -0.184. The Kier molecular flexibility index (Phi) is 5.68. The molecule has 0 bridgehead atoms. The third-order valence-corrected chi connectivity index (χ3v) is 3.91. The van der Waals surface area contributed by atoms with E-state index in [-0.39, 0.29) is 5.91 Å². The molecular formula is C15H20N4OS. The molecule has 1 aromatic heterocycles. The van der Waals surface area contributed by atoms with E-state index in [9.17, 15) is 4.79 Å². The molecule has 0 aliphatic carbocycles. The minimum Gasteiger partial charge on any atom is -0.360 e. The lowest BCUT2D eigenvalue weighted by Crippen LogP contribution is -2.22. The number of hydrogen-bond acceptors (Lipinski definition) is 5. The van der Waals surface area contributed by atoms with Crippen LogP contribution >= 0.6 is 11.3 Å². The monoisotopic (exact) mass is 304 g/mol. The number of benzene rings is 1. The summed E-state index contributed by atoms with van der Waals surface area (Å²) < 4.78 is 0. The van der Waals surface area contributed by atoms with Crippen molar-refractivity contribution < 1.29 is 4.79 Å². The number of carbonyl (C=O) groups is 1. The first kappa shape index (κ1) is 15.4. The molecule has 6 heteroatoms. The molecule has 1 aromatic carbocycles. The molecular weight excluding hydrogens is 284 g/mol. The molecule has 0 aliphatic heterocycles. The fourth-order valence-electron chi connectivity index (χ4n) is 1.77. The second-order valence-electron chi connectivity index (χ2n) is 4.69. The Morgan fingerprint density at radius 2 is 1.86 bits per heavy atom. The van der Waals surface area contributed by atoms with Crippen LogP contribution in [0.4, 0.5) is 5.13 Å². The van der Waals surface area contributed by atoms with Gasteiger partial charge in [-0.25, -0.2) is 0 Å². The fourth-order valence-corrected chi connectivity index (χ4v) is 2.45. The lowest BCUT2D eigenvalue weighted by atomic mass is 10.1. The topological polar surface area (TPSA) is 66.9 Å². The van der Waals surface area contributed by atoms with Crippen LogP contribution in [0.2, 0.25) is 0 Å². The van der Waals surface area contributed by atoms with Crippen molar-refractivity contribution in [2.45, 2.75) is 33.2 Å². The van der Waals surface area contributed by atoms with E-state index in [0.717, 1.165) is 24.9 Å². The summed E-state index contributed by atoms with van der Waals surface area (Å²) >= 11 is 1.28. The third kappa shape index (κ3) is 4.53. The number of aryl methyl sites for hydroxylation is 1. The second-order valence-corrected chi connectivity index (χ2v) is 5.67. The quantitative estimate of drug-likeness (QED) is 0.825. The van der Waals surface area contributed by atoms with Crippen molar-refractivity contribution in [1.82, 2.24) is 15.5 Å². The summed E-state index contributed by atoms with van der Waals surface area (Å²) in [5, 5.41) is 14.9. The van der Waals surface area contributed by atoms with E-state index in [1.807, 2.05) is 12.1 Å². The van der Waals surface area contributed by atoms with E-state index in [4.69, 9.17) is 0 Å². The Hall–Kier alpha value is -1.95. The van der Waals surface area contributed by atoms with E-state index in [2.05, 4.69) is 46.8 Å². The van der Waals surface area contributed by atoms with Crippen LogP contribution in [0.5, 0.6) is 0 Å². The van der Waals surface area contributed by atoms with Gasteiger partial charge >= 0.3 is 0 Å². The van der Waals surface area contributed by atoms with Crippen LogP contribution in [0.1, 0.15) is 41.2 Å². The van der Waals surface area contributed by atoms with Crippen molar-refractivity contribution in [3.8, 4) is 0 Å². The zero-order valence-corrected chi connectivity index (χ0v) is 13.2. The van der Waals surface area contributed by atoms with Gasteiger partial charge in [0.15, 0.2) is 0 Å². The lowest BCUT2D eigenvalue weighted by Gasteiger charge is -2.04. The number of anilines is 1. The molecule has 2 aromatic rings. The maximum atomic E-state index is 12.0. The van der Waals surface area contributed by atoms with Crippen LogP contribution < -0.4 is 10.6 Å². The maximum absolute atomic E-state index is 12.0. The SMILES string of the molecule is CCCNc1nnc(C(=O)NCc2ccc(CC)cc2)s1. The standard InChI is InChI=1S/C15H20N4OS/c1-3-9-16-15-19-18-14(21-15)13(20)17-10-12-7-5-11(4-2)6-8-12/h5-8H,3-4,9-10H2,1-2H3,(H,16,19)(H,17,20). The van der Waals surface area contributed by atoms with Crippen LogP contribution in [0.25, 0.3) is 0 Å². The van der Waals surface area contributed by atoms with Gasteiger partial charge in [-0.3, -0.25) is 4.79 Å². The van der Waals surface area contributed by atoms with Crippen molar-refractivity contribution in [3.05, 3.63) is 40.4 Å².